The van der Waals surface area contributed by atoms with E-state index in [-0.39, 0.29) is 32.7 Å². The Labute approximate surface area is 189 Å². The molecule has 4 aliphatic rings. The third-order valence-corrected chi connectivity index (χ3v) is 6.26. The monoisotopic (exact) mass is 458 g/mol. The zero-order chi connectivity index (χ0) is 22.6. The van der Waals surface area contributed by atoms with Gasteiger partial charge in [0, 0.05) is 24.6 Å². The molecular formula is C23H22O10. The van der Waals surface area contributed by atoms with Crippen molar-refractivity contribution in [3.63, 3.8) is 0 Å². The SMILES string of the molecule is COc1cc2c(cc1[C@@H]1OC[C@@]3(OC(C)=O)[C@@H](Oc4ccc5c(c4)OCO5)OC[C@@H]13)OCO2. The summed E-state index contributed by atoms with van der Waals surface area (Å²) in [6.07, 6.45) is -1.35. The summed E-state index contributed by atoms with van der Waals surface area (Å²) >= 11 is 0. The van der Waals surface area contributed by atoms with Crippen LogP contribution in [0.3, 0.4) is 0 Å². The van der Waals surface area contributed by atoms with E-state index in [4.69, 9.17) is 42.6 Å². The summed E-state index contributed by atoms with van der Waals surface area (Å²) in [6, 6.07) is 8.83. The number of rotatable bonds is 5. The molecule has 0 amide bonds. The summed E-state index contributed by atoms with van der Waals surface area (Å²) in [4.78, 5) is 12.1. The Kier molecular flexibility index (Phi) is 4.66. The van der Waals surface area contributed by atoms with Crippen LogP contribution in [0.15, 0.2) is 30.3 Å². The van der Waals surface area contributed by atoms with Crippen LogP contribution in [0.1, 0.15) is 18.6 Å². The van der Waals surface area contributed by atoms with Crippen LogP contribution in [0.2, 0.25) is 0 Å². The molecular weight excluding hydrogens is 436 g/mol. The van der Waals surface area contributed by atoms with Gasteiger partial charge in [0.25, 0.3) is 0 Å². The van der Waals surface area contributed by atoms with Gasteiger partial charge in [0.1, 0.15) is 11.5 Å². The molecule has 0 spiro atoms. The number of esters is 1. The number of benzene rings is 2. The molecule has 4 heterocycles. The molecule has 10 nitrogen and oxygen atoms in total. The Morgan fingerprint density at radius 3 is 2.45 bits per heavy atom. The fraction of sp³-hybridized carbons (Fsp3) is 0.435. The first-order valence-corrected chi connectivity index (χ1v) is 10.5. The van der Waals surface area contributed by atoms with Crippen LogP contribution in [-0.2, 0) is 19.0 Å². The number of methoxy groups -OCH3 is 1. The third kappa shape index (κ3) is 3.20. The summed E-state index contributed by atoms with van der Waals surface area (Å²) in [5.74, 6) is 2.72. The second-order valence-electron chi connectivity index (χ2n) is 8.13. The Bertz CT molecular complexity index is 1100. The molecule has 0 saturated carbocycles. The van der Waals surface area contributed by atoms with Crippen LogP contribution in [0.4, 0.5) is 0 Å². The molecule has 0 aromatic heterocycles. The molecule has 2 saturated heterocycles. The zero-order valence-electron chi connectivity index (χ0n) is 18.0. The van der Waals surface area contributed by atoms with Crippen LogP contribution >= 0.6 is 0 Å². The zero-order valence-corrected chi connectivity index (χ0v) is 18.0. The summed E-state index contributed by atoms with van der Waals surface area (Å²) in [5, 5.41) is 0. The summed E-state index contributed by atoms with van der Waals surface area (Å²) in [5.41, 5.74) is -0.387. The quantitative estimate of drug-likeness (QED) is 0.622. The molecule has 0 bridgehead atoms. The van der Waals surface area contributed by atoms with Gasteiger partial charge in [-0.1, -0.05) is 0 Å². The molecule has 174 valence electrons. The van der Waals surface area contributed by atoms with E-state index in [1.165, 1.54) is 6.92 Å². The second-order valence-corrected chi connectivity index (χ2v) is 8.13. The Balaban J connectivity index is 1.32. The van der Waals surface area contributed by atoms with Crippen molar-refractivity contribution in [1.82, 2.24) is 0 Å². The van der Waals surface area contributed by atoms with Gasteiger partial charge in [-0.25, -0.2) is 0 Å². The fourth-order valence-corrected chi connectivity index (χ4v) is 4.78. The van der Waals surface area contributed by atoms with E-state index in [1.807, 2.05) is 6.07 Å². The third-order valence-electron chi connectivity index (χ3n) is 6.26. The topological polar surface area (TPSA) is 100 Å². The lowest BCUT2D eigenvalue weighted by molar-refractivity contribution is -0.191. The van der Waals surface area contributed by atoms with Gasteiger partial charge in [-0.15, -0.1) is 0 Å². The van der Waals surface area contributed by atoms with Crippen molar-refractivity contribution in [3.05, 3.63) is 35.9 Å². The molecule has 33 heavy (non-hydrogen) atoms. The van der Waals surface area contributed by atoms with Gasteiger partial charge in [0.05, 0.1) is 32.3 Å². The molecule has 10 heteroatoms. The van der Waals surface area contributed by atoms with Crippen molar-refractivity contribution in [3.8, 4) is 34.5 Å². The van der Waals surface area contributed by atoms with Crippen LogP contribution < -0.4 is 28.4 Å². The largest absolute Gasteiger partial charge is 0.496 e. The lowest BCUT2D eigenvalue weighted by atomic mass is 9.85. The molecule has 2 fully saturated rings. The van der Waals surface area contributed by atoms with Crippen molar-refractivity contribution in [2.45, 2.75) is 24.9 Å². The number of carbonyl (C=O) groups excluding carboxylic acids is 1. The predicted molar refractivity (Wildman–Crippen MR) is 109 cm³/mol. The Hall–Kier alpha value is -3.37. The molecule has 0 unspecified atom stereocenters. The van der Waals surface area contributed by atoms with Gasteiger partial charge in [0.2, 0.25) is 25.5 Å². The van der Waals surface area contributed by atoms with Crippen LogP contribution in [0.5, 0.6) is 34.5 Å². The van der Waals surface area contributed by atoms with Crippen molar-refractivity contribution < 1.29 is 47.4 Å². The van der Waals surface area contributed by atoms with Gasteiger partial charge in [-0.05, 0) is 18.2 Å². The van der Waals surface area contributed by atoms with E-state index in [0.717, 1.165) is 5.56 Å². The highest BCUT2D eigenvalue weighted by Crippen LogP contribution is 2.53. The molecule has 0 radical (unpaired) electrons. The normalized spacial score (nSPS) is 28.5. The van der Waals surface area contributed by atoms with Crippen molar-refractivity contribution in [2.75, 3.05) is 33.9 Å². The number of carbonyl (C=O) groups is 1. The van der Waals surface area contributed by atoms with Gasteiger partial charge >= 0.3 is 5.97 Å². The van der Waals surface area contributed by atoms with Gasteiger partial charge in [0.15, 0.2) is 23.0 Å². The average Bonchev–Trinajstić information content (AvgIpc) is 3.57. The van der Waals surface area contributed by atoms with Crippen LogP contribution in [0.25, 0.3) is 0 Å². The molecule has 4 aliphatic heterocycles. The highest BCUT2D eigenvalue weighted by molar-refractivity contribution is 5.67. The maximum atomic E-state index is 12.1. The first-order valence-electron chi connectivity index (χ1n) is 10.5. The molecule has 2 aromatic rings. The highest BCUT2D eigenvalue weighted by Gasteiger charge is 2.64. The first-order chi connectivity index (χ1) is 16.1. The molecule has 0 N–H and O–H groups in total. The van der Waals surface area contributed by atoms with E-state index in [0.29, 0.717) is 34.5 Å². The smallest absolute Gasteiger partial charge is 0.303 e. The molecule has 6 rings (SSSR count). The first kappa shape index (κ1) is 20.3. The second kappa shape index (κ2) is 7.60. The van der Waals surface area contributed by atoms with Crippen LogP contribution in [0, 0.1) is 5.92 Å². The van der Waals surface area contributed by atoms with E-state index >= 15 is 0 Å². The predicted octanol–water partition coefficient (Wildman–Crippen LogP) is 2.58. The molecule has 4 atom stereocenters. The lowest BCUT2D eigenvalue weighted by Gasteiger charge is -2.32. The lowest BCUT2D eigenvalue weighted by Crippen LogP contribution is -2.50. The molecule has 0 aliphatic carbocycles. The minimum Gasteiger partial charge on any atom is -0.496 e. The summed E-state index contributed by atoms with van der Waals surface area (Å²) < 4.78 is 51.6. The van der Waals surface area contributed by atoms with Crippen molar-refractivity contribution >= 4 is 5.97 Å². The van der Waals surface area contributed by atoms with E-state index < -0.39 is 24.0 Å². The van der Waals surface area contributed by atoms with Crippen LogP contribution in [-0.4, -0.2) is 51.8 Å². The maximum absolute atomic E-state index is 12.1. The van der Waals surface area contributed by atoms with E-state index in [2.05, 4.69) is 0 Å². The minimum absolute atomic E-state index is 0.0920. The van der Waals surface area contributed by atoms with E-state index in [1.54, 1.807) is 31.4 Å². The van der Waals surface area contributed by atoms with Crippen molar-refractivity contribution in [1.29, 1.82) is 0 Å². The van der Waals surface area contributed by atoms with Gasteiger partial charge in [-0.2, -0.15) is 0 Å². The minimum atomic E-state index is -1.14. The molecule has 2 aromatic carbocycles. The highest BCUT2D eigenvalue weighted by atomic mass is 16.7. The fourth-order valence-electron chi connectivity index (χ4n) is 4.78. The Morgan fingerprint density at radius 1 is 0.970 bits per heavy atom. The van der Waals surface area contributed by atoms with E-state index in [9.17, 15) is 4.79 Å². The summed E-state index contributed by atoms with van der Waals surface area (Å²) in [6.45, 7) is 2.00. The maximum Gasteiger partial charge on any atom is 0.303 e. The number of ether oxygens (including phenoxy) is 9. The van der Waals surface area contributed by atoms with Gasteiger partial charge < -0.3 is 42.6 Å². The Morgan fingerprint density at radius 2 is 1.70 bits per heavy atom. The number of fused-ring (bicyclic) bond motifs is 3. The average molecular weight is 458 g/mol. The van der Waals surface area contributed by atoms with Gasteiger partial charge in [-0.3, -0.25) is 4.79 Å². The summed E-state index contributed by atoms with van der Waals surface area (Å²) in [7, 11) is 1.58. The standard InChI is InChI=1S/C23H22O10/c1-12(24)33-23-9-27-21(14-6-19-20(31-11-30-19)7-17(14)25-2)15(23)8-26-22(23)32-13-3-4-16-18(5-13)29-10-28-16/h3-7,15,21-22H,8-11H2,1-2H3/t15-,21-,22+,23-/m0/s1. The number of hydrogen-bond donors (Lipinski definition) is 0. The van der Waals surface area contributed by atoms with Crippen molar-refractivity contribution in [2.24, 2.45) is 5.92 Å². The number of hydrogen-bond acceptors (Lipinski definition) is 10.